The topological polar surface area (TPSA) is 25.8 Å². The molecule has 0 aliphatic heterocycles. The number of rotatable bonds is 2. The molecular formula is C14H11Cl3N2. The van der Waals surface area contributed by atoms with Crippen molar-refractivity contribution in [2.45, 2.75) is 25.2 Å². The number of halogens is 3. The molecule has 1 aliphatic carbocycles. The van der Waals surface area contributed by atoms with Gasteiger partial charge in [-0.1, -0.05) is 53.9 Å². The number of aromatic nitrogens is 2. The van der Waals surface area contributed by atoms with E-state index in [1.807, 2.05) is 12.1 Å². The van der Waals surface area contributed by atoms with Crippen molar-refractivity contribution in [2.75, 3.05) is 0 Å². The zero-order chi connectivity index (χ0) is 13.6. The monoisotopic (exact) mass is 312 g/mol. The van der Waals surface area contributed by atoms with Crippen LogP contribution in [0.15, 0.2) is 24.3 Å². The van der Waals surface area contributed by atoms with E-state index in [4.69, 9.17) is 34.8 Å². The summed E-state index contributed by atoms with van der Waals surface area (Å²) in [5, 5.41) is 1.45. The van der Waals surface area contributed by atoms with Crippen LogP contribution < -0.4 is 0 Å². The van der Waals surface area contributed by atoms with Gasteiger partial charge in [0.1, 0.15) is 16.1 Å². The van der Waals surface area contributed by atoms with Crippen molar-refractivity contribution >= 4 is 34.8 Å². The average Bonchev–Trinajstić information content (AvgIpc) is 3.10. The highest BCUT2D eigenvalue weighted by Crippen LogP contribution is 2.47. The smallest absolute Gasteiger partial charge is 0.142 e. The molecule has 1 heterocycles. The van der Waals surface area contributed by atoms with Gasteiger partial charge in [0.2, 0.25) is 0 Å². The van der Waals surface area contributed by atoms with E-state index >= 15 is 0 Å². The molecule has 2 nitrogen and oxygen atoms in total. The van der Waals surface area contributed by atoms with E-state index < -0.39 is 0 Å². The average molecular weight is 314 g/mol. The van der Waals surface area contributed by atoms with Gasteiger partial charge in [-0.2, -0.15) is 0 Å². The van der Waals surface area contributed by atoms with Crippen molar-refractivity contribution in [3.63, 3.8) is 0 Å². The van der Waals surface area contributed by atoms with Gasteiger partial charge < -0.3 is 0 Å². The second-order valence-electron chi connectivity index (χ2n) is 5.07. The fourth-order valence-corrected chi connectivity index (χ4v) is 2.68. The summed E-state index contributed by atoms with van der Waals surface area (Å²) >= 11 is 18.4. The second kappa shape index (κ2) is 4.62. The molecule has 2 aromatic rings. The fourth-order valence-electron chi connectivity index (χ4n) is 1.94. The maximum absolute atomic E-state index is 6.27. The molecule has 1 aliphatic rings. The Morgan fingerprint density at radius 1 is 0.947 bits per heavy atom. The molecular weight excluding hydrogens is 303 g/mol. The third-order valence-corrected chi connectivity index (χ3v) is 4.29. The Hall–Kier alpha value is -0.830. The van der Waals surface area contributed by atoms with Gasteiger partial charge in [0, 0.05) is 10.4 Å². The summed E-state index contributed by atoms with van der Waals surface area (Å²) in [5.41, 5.74) is 1.58. The Morgan fingerprint density at radius 2 is 1.47 bits per heavy atom. The van der Waals surface area contributed by atoms with E-state index in [0.717, 1.165) is 24.2 Å². The molecule has 1 fully saturated rings. The lowest BCUT2D eigenvalue weighted by Gasteiger charge is -2.11. The first-order valence-corrected chi connectivity index (χ1v) is 7.12. The minimum Gasteiger partial charge on any atom is -0.220 e. The van der Waals surface area contributed by atoms with Gasteiger partial charge >= 0.3 is 0 Å². The Labute approximate surface area is 126 Å². The molecule has 1 saturated carbocycles. The van der Waals surface area contributed by atoms with Gasteiger partial charge in [0.05, 0.1) is 5.56 Å². The maximum Gasteiger partial charge on any atom is 0.142 e. The van der Waals surface area contributed by atoms with Crippen LogP contribution in [0.5, 0.6) is 0 Å². The SMILES string of the molecule is CC1(c2nc(Cl)c(-c3ccc(Cl)cc3)c(Cl)n2)CC1. The predicted molar refractivity (Wildman–Crippen MR) is 79.1 cm³/mol. The van der Waals surface area contributed by atoms with Crippen LogP contribution in [0.25, 0.3) is 11.1 Å². The van der Waals surface area contributed by atoms with E-state index in [0.29, 0.717) is 20.9 Å². The van der Waals surface area contributed by atoms with Crippen LogP contribution in [0, 0.1) is 0 Å². The molecule has 3 rings (SSSR count). The zero-order valence-corrected chi connectivity index (χ0v) is 12.5. The van der Waals surface area contributed by atoms with Gasteiger partial charge in [0.25, 0.3) is 0 Å². The van der Waals surface area contributed by atoms with Crippen molar-refractivity contribution in [3.05, 3.63) is 45.4 Å². The van der Waals surface area contributed by atoms with E-state index in [9.17, 15) is 0 Å². The van der Waals surface area contributed by atoms with Crippen LogP contribution in [0.1, 0.15) is 25.6 Å². The third-order valence-electron chi connectivity index (χ3n) is 3.49. The highest BCUT2D eigenvalue weighted by molar-refractivity contribution is 6.37. The Morgan fingerprint density at radius 3 is 1.95 bits per heavy atom. The van der Waals surface area contributed by atoms with Crippen molar-refractivity contribution in [1.29, 1.82) is 0 Å². The first-order valence-electron chi connectivity index (χ1n) is 5.99. The molecule has 0 spiro atoms. The molecule has 0 saturated heterocycles. The molecule has 0 unspecified atom stereocenters. The molecule has 5 heteroatoms. The van der Waals surface area contributed by atoms with Crippen molar-refractivity contribution in [3.8, 4) is 11.1 Å². The molecule has 1 aromatic carbocycles. The molecule has 0 radical (unpaired) electrons. The van der Waals surface area contributed by atoms with Crippen LogP contribution in [-0.2, 0) is 5.41 Å². The lowest BCUT2D eigenvalue weighted by Crippen LogP contribution is -2.08. The number of nitrogens with zero attached hydrogens (tertiary/aromatic N) is 2. The fraction of sp³-hybridized carbons (Fsp3) is 0.286. The highest BCUT2D eigenvalue weighted by Gasteiger charge is 2.42. The van der Waals surface area contributed by atoms with Crippen LogP contribution >= 0.6 is 34.8 Å². The largest absolute Gasteiger partial charge is 0.220 e. The molecule has 19 heavy (non-hydrogen) atoms. The lowest BCUT2D eigenvalue weighted by molar-refractivity contribution is 0.709. The summed E-state index contributed by atoms with van der Waals surface area (Å²) in [6.45, 7) is 2.12. The summed E-state index contributed by atoms with van der Waals surface area (Å²) in [6, 6.07) is 7.30. The number of hydrogen-bond donors (Lipinski definition) is 0. The Balaban J connectivity index is 2.09. The van der Waals surface area contributed by atoms with Crippen LogP contribution in [0.3, 0.4) is 0 Å². The van der Waals surface area contributed by atoms with Crippen LogP contribution in [-0.4, -0.2) is 9.97 Å². The lowest BCUT2D eigenvalue weighted by atomic mass is 10.1. The van der Waals surface area contributed by atoms with Crippen molar-refractivity contribution in [1.82, 2.24) is 9.97 Å². The van der Waals surface area contributed by atoms with E-state index in [2.05, 4.69) is 16.9 Å². The van der Waals surface area contributed by atoms with E-state index in [1.165, 1.54) is 0 Å². The zero-order valence-electron chi connectivity index (χ0n) is 10.3. The van der Waals surface area contributed by atoms with Crippen molar-refractivity contribution in [2.24, 2.45) is 0 Å². The standard InChI is InChI=1S/C14H11Cl3N2/c1-14(6-7-14)13-18-11(16)10(12(17)19-13)8-2-4-9(15)5-3-8/h2-5H,6-7H2,1H3. The first kappa shape index (κ1) is 13.2. The van der Waals surface area contributed by atoms with Gasteiger partial charge in [0.15, 0.2) is 0 Å². The number of hydrogen-bond acceptors (Lipinski definition) is 2. The molecule has 0 amide bonds. The van der Waals surface area contributed by atoms with E-state index in [-0.39, 0.29) is 5.41 Å². The van der Waals surface area contributed by atoms with Crippen LogP contribution in [0.2, 0.25) is 15.3 Å². The first-order chi connectivity index (χ1) is 8.99. The molecule has 1 aromatic heterocycles. The number of benzene rings is 1. The molecule has 0 bridgehead atoms. The van der Waals surface area contributed by atoms with Gasteiger partial charge in [-0.25, -0.2) is 9.97 Å². The molecule has 0 N–H and O–H groups in total. The molecule has 0 atom stereocenters. The Bertz CT molecular complexity index is 611. The van der Waals surface area contributed by atoms with Gasteiger partial charge in [-0.3, -0.25) is 0 Å². The Kier molecular flexibility index (Phi) is 3.20. The van der Waals surface area contributed by atoms with Gasteiger partial charge in [-0.15, -0.1) is 0 Å². The summed E-state index contributed by atoms with van der Waals surface area (Å²) in [6.07, 6.45) is 2.17. The van der Waals surface area contributed by atoms with Gasteiger partial charge in [-0.05, 0) is 30.5 Å². The minimum absolute atomic E-state index is 0.0474. The normalized spacial score (nSPS) is 16.4. The minimum atomic E-state index is 0.0474. The third kappa shape index (κ3) is 2.45. The van der Waals surface area contributed by atoms with Crippen molar-refractivity contribution < 1.29 is 0 Å². The summed E-state index contributed by atoms with van der Waals surface area (Å²) in [7, 11) is 0. The second-order valence-corrected chi connectivity index (χ2v) is 6.22. The quantitative estimate of drug-likeness (QED) is 0.716. The highest BCUT2D eigenvalue weighted by atomic mass is 35.5. The van der Waals surface area contributed by atoms with E-state index in [1.54, 1.807) is 12.1 Å². The summed E-state index contributed by atoms with van der Waals surface area (Å²) in [4.78, 5) is 8.81. The van der Waals surface area contributed by atoms with Crippen LogP contribution in [0.4, 0.5) is 0 Å². The molecule has 98 valence electrons. The summed E-state index contributed by atoms with van der Waals surface area (Å²) < 4.78 is 0. The summed E-state index contributed by atoms with van der Waals surface area (Å²) in [5.74, 6) is 0.736. The maximum atomic E-state index is 6.27. The predicted octanol–water partition coefficient (Wildman–Crippen LogP) is 5.16.